The molecule has 1 unspecified atom stereocenters. The van der Waals surface area contributed by atoms with E-state index in [0.29, 0.717) is 54.4 Å². The quantitative estimate of drug-likeness (QED) is 0.699. The standard InChI is InChI=1S/C26H32ClN3O3/c27-20-6-5-19(29-7-2-4-23(29)31)12-21(20)28-24(32)22-3-1-8-30(22)25(33)26-13-16-9-17(14-26)11-18(10-16)15-26/h5-6,12,16-18,22H,1-4,7-11,13-15H2,(H,28,32). The van der Waals surface area contributed by atoms with E-state index in [1.807, 2.05) is 11.0 Å². The van der Waals surface area contributed by atoms with Crippen LogP contribution in [0.3, 0.4) is 0 Å². The van der Waals surface area contributed by atoms with Gasteiger partial charge in [-0.05, 0) is 93.7 Å². The number of likely N-dealkylation sites (tertiary alicyclic amines) is 1. The highest BCUT2D eigenvalue weighted by atomic mass is 35.5. The number of hydrogen-bond acceptors (Lipinski definition) is 3. The Morgan fingerprint density at radius 1 is 1.00 bits per heavy atom. The zero-order valence-corrected chi connectivity index (χ0v) is 19.8. The summed E-state index contributed by atoms with van der Waals surface area (Å²) in [6, 6.07) is 4.88. The van der Waals surface area contributed by atoms with E-state index < -0.39 is 6.04 Å². The van der Waals surface area contributed by atoms with Crippen molar-refractivity contribution in [3.05, 3.63) is 23.2 Å². The first kappa shape index (κ1) is 21.5. The monoisotopic (exact) mass is 469 g/mol. The first-order valence-corrected chi connectivity index (χ1v) is 13.0. The first-order chi connectivity index (χ1) is 15.9. The van der Waals surface area contributed by atoms with E-state index in [1.54, 1.807) is 17.0 Å². The molecule has 4 bridgehead atoms. The number of anilines is 2. The average Bonchev–Trinajstić information content (AvgIpc) is 3.43. The van der Waals surface area contributed by atoms with Gasteiger partial charge in [-0.2, -0.15) is 0 Å². The van der Waals surface area contributed by atoms with E-state index in [-0.39, 0.29) is 23.1 Å². The summed E-state index contributed by atoms with van der Waals surface area (Å²) < 4.78 is 0. The number of halogens is 1. The normalized spacial score (nSPS) is 34.9. The molecule has 4 saturated carbocycles. The van der Waals surface area contributed by atoms with Crippen LogP contribution in [-0.2, 0) is 14.4 Å². The van der Waals surface area contributed by atoms with Crippen LogP contribution >= 0.6 is 11.6 Å². The molecule has 3 amide bonds. The fourth-order valence-corrected chi connectivity index (χ4v) is 8.04. The summed E-state index contributed by atoms with van der Waals surface area (Å²) in [5.41, 5.74) is 1.03. The van der Waals surface area contributed by atoms with Gasteiger partial charge in [-0.1, -0.05) is 11.6 Å². The highest BCUT2D eigenvalue weighted by Crippen LogP contribution is 2.60. The number of carbonyl (C=O) groups is 3. The van der Waals surface area contributed by atoms with Crippen molar-refractivity contribution in [1.82, 2.24) is 4.90 Å². The maximum Gasteiger partial charge on any atom is 0.247 e. The number of carbonyl (C=O) groups excluding carboxylic acids is 3. The summed E-state index contributed by atoms with van der Waals surface area (Å²) in [6.45, 7) is 1.35. The lowest BCUT2D eigenvalue weighted by molar-refractivity contribution is -0.160. The van der Waals surface area contributed by atoms with Crippen LogP contribution in [0.15, 0.2) is 18.2 Å². The molecule has 1 atom stereocenters. The van der Waals surface area contributed by atoms with Gasteiger partial charge in [0.05, 0.1) is 16.1 Å². The Morgan fingerprint density at radius 2 is 1.70 bits per heavy atom. The number of nitrogens with one attached hydrogen (secondary N) is 1. The van der Waals surface area contributed by atoms with Gasteiger partial charge in [-0.25, -0.2) is 0 Å². The smallest absolute Gasteiger partial charge is 0.247 e. The molecule has 7 heteroatoms. The molecule has 2 heterocycles. The van der Waals surface area contributed by atoms with E-state index in [0.717, 1.165) is 37.8 Å². The van der Waals surface area contributed by atoms with Gasteiger partial charge >= 0.3 is 0 Å². The fraction of sp³-hybridized carbons (Fsp3) is 0.654. The predicted octanol–water partition coefficient (Wildman–Crippen LogP) is 4.61. The van der Waals surface area contributed by atoms with Crippen molar-refractivity contribution >= 4 is 40.7 Å². The van der Waals surface area contributed by atoms with Crippen molar-refractivity contribution in [3.63, 3.8) is 0 Å². The Morgan fingerprint density at radius 3 is 2.33 bits per heavy atom. The Bertz CT molecular complexity index is 973. The molecule has 0 spiro atoms. The third-order valence-corrected chi connectivity index (χ3v) is 9.23. The minimum atomic E-state index is -0.446. The molecule has 176 valence electrons. The average molecular weight is 470 g/mol. The molecule has 1 N–H and O–H groups in total. The van der Waals surface area contributed by atoms with E-state index >= 15 is 0 Å². The largest absolute Gasteiger partial charge is 0.330 e. The zero-order chi connectivity index (χ0) is 22.7. The maximum atomic E-state index is 13.9. The van der Waals surface area contributed by atoms with Gasteiger partial charge < -0.3 is 15.1 Å². The Labute approximate surface area is 200 Å². The zero-order valence-electron chi connectivity index (χ0n) is 19.0. The van der Waals surface area contributed by atoms with Crippen LogP contribution in [0.25, 0.3) is 0 Å². The molecule has 6 fully saturated rings. The lowest BCUT2D eigenvalue weighted by Crippen LogP contribution is -2.56. The highest BCUT2D eigenvalue weighted by Gasteiger charge is 2.56. The highest BCUT2D eigenvalue weighted by molar-refractivity contribution is 6.34. The summed E-state index contributed by atoms with van der Waals surface area (Å²) in [4.78, 5) is 43.0. The van der Waals surface area contributed by atoms with Crippen LogP contribution in [-0.4, -0.2) is 41.8 Å². The molecule has 1 aromatic carbocycles. The molecule has 2 saturated heterocycles. The van der Waals surface area contributed by atoms with Crippen LogP contribution < -0.4 is 10.2 Å². The summed E-state index contributed by atoms with van der Waals surface area (Å²) in [5, 5.41) is 3.43. The van der Waals surface area contributed by atoms with E-state index in [9.17, 15) is 14.4 Å². The van der Waals surface area contributed by atoms with Crippen molar-refractivity contribution in [2.24, 2.45) is 23.2 Å². The minimum absolute atomic E-state index is 0.0951. The number of hydrogen-bond donors (Lipinski definition) is 1. The van der Waals surface area contributed by atoms with Crippen molar-refractivity contribution < 1.29 is 14.4 Å². The summed E-state index contributed by atoms with van der Waals surface area (Å²) in [5.74, 6) is 2.25. The first-order valence-electron chi connectivity index (χ1n) is 12.6. The van der Waals surface area contributed by atoms with Crippen molar-refractivity contribution in [1.29, 1.82) is 0 Å². The summed E-state index contributed by atoms with van der Waals surface area (Å²) >= 11 is 6.40. The SMILES string of the molecule is O=C(Nc1cc(N2CCCC2=O)ccc1Cl)C1CCCN1C(=O)C12CC3CC(CC(C3)C1)C2. The third kappa shape index (κ3) is 3.65. The molecule has 33 heavy (non-hydrogen) atoms. The molecular formula is C26H32ClN3O3. The molecule has 6 aliphatic rings. The van der Waals surface area contributed by atoms with Crippen LogP contribution in [0.1, 0.15) is 64.2 Å². The van der Waals surface area contributed by atoms with Crippen LogP contribution in [0.2, 0.25) is 5.02 Å². The lowest BCUT2D eigenvalue weighted by atomic mass is 9.49. The molecular weight excluding hydrogens is 438 g/mol. The number of nitrogens with zero attached hydrogens (tertiary/aromatic N) is 2. The number of rotatable bonds is 4. The Balaban J connectivity index is 1.20. The van der Waals surface area contributed by atoms with Crippen LogP contribution in [0, 0.1) is 23.2 Å². The second kappa shape index (κ2) is 8.00. The Hall–Kier alpha value is -2.08. The van der Waals surface area contributed by atoms with Crippen LogP contribution in [0.4, 0.5) is 11.4 Å². The van der Waals surface area contributed by atoms with Gasteiger partial charge in [0.1, 0.15) is 6.04 Å². The van der Waals surface area contributed by atoms with Gasteiger partial charge in [-0.3, -0.25) is 14.4 Å². The number of benzene rings is 1. The molecule has 2 aliphatic heterocycles. The van der Waals surface area contributed by atoms with Crippen molar-refractivity contribution in [2.45, 2.75) is 70.3 Å². The molecule has 6 nitrogen and oxygen atoms in total. The van der Waals surface area contributed by atoms with Gasteiger partial charge in [-0.15, -0.1) is 0 Å². The lowest BCUT2D eigenvalue weighted by Gasteiger charge is -2.56. The molecule has 4 aliphatic carbocycles. The molecule has 1 aromatic rings. The van der Waals surface area contributed by atoms with E-state index in [4.69, 9.17) is 11.6 Å². The second-order valence-corrected chi connectivity index (χ2v) is 11.6. The van der Waals surface area contributed by atoms with E-state index in [2.05, 4.69) is 5.32 Å². The second-order valence-electron chi connectivity index (χ2n) is 11.2. The van der Waals surface area contributed by atoms with Crippen molar-refractivity contribution in [2.75, 3.05) is 23.3 Å². The molecule has 0 radical (unpaired) electrons. The van der Waals surface area contributed by atoms with Gasteiger partial charge in [0.2, 0.25) is 17.7 Å². The Kier molecular flexibility index (Phi) is 5.20. The van der Waals surface area contributed by atoms with Gasteiger partial charge in [0.15, 0.2) is 0 Å². The summed E-state index contributed by atoms with van der Waals surface area (Å²) in [7, 11) is 0. The molecule has 7 rings (SSSR count). The number of amides is 3. The van der Waals surface area contributed by atoms with Crippen LogP contribution in [0.5, 0.6) is 0 Å². The topological polar surface area (TPSA) is 69.7 Å². The van der Waals surface area contributed by atoms with Gasteiger partial charge in [0, 0.05) is 25.2 Å². The fourth-order valence-electron chi connectivity index (χ4n) is 7.87. The molecule has 0 aromatic heterocycles. The van der Waals surface area contributed by atoms with Gasteiger partial charge in [0.25, 0.3) is 0 Å². The maximum absolute atomic E-state index is 13.9. The van der Waals surface area contributed by atoms with E-state index in [1.165, 1.54) is 19.3 Å². The third-order valence-electron chi connectivity index (χ3n) is 8.90. The summed E-state index contributed by atoms with van der Waals surface area (Å²) in [6.07, 6.45) is 9.86. The predicted molar refractivity (Wildman–Crippen MR) is 127 cm³/mol. The minimum Gasteiger partial charge on any atom is -0.330 e. The van der Waals surface area contributed by atoms with Crippen molar-refractivity contribution in [3.8, 4) is 0 Å².